The number of hydrogen-bond donors (Lipinski definition) is 3. The van der Waals surface area contributed by atoms with Gasteiger partial charge in [-0.05, 0) is 73.0 Å². The maximum atomic E-state index is 13.4. The molecule has 15 heteroatoms. The second-order valence-corrected chi connectivity index (χ2v) is 16.4. The van der Waals surface area contributed by atoms with Gasteiger partial charge in [-0.2, -0.15) is 0 Å². The quantitative estimate of drug-likeness (QED) is 0.201. The summed E-state index contributed by atoms with van der Waals surface area (Å²) in [5.41, 5.74) is 12.1. The minimum absolute atomic E-state index is 0.170. The molecule has 9 rings (SSSR count). The van der Waals surface area contributed by atoms with Gasteiger partial charge in [0, 0.05) is 114 Å². The van der Waals surface area contributed by atoms with Crippen LogP contribution in [-0.2, 0) is 20.9 Å². The molecular formula is C44H52N10O5. The summed E-state index contributed by atoms with van der Waals surface area (Å²) in [5, 5.41) is 21.3. The Morgan fingerprint density at radius 1 is 0.780 bits per heavy atom. The highest BCUT2D eigenvalue weighted by Gasteiger charge is 2.41. The molecule has 2 bridgehead atoms. The number of para-hydroxylation sites is 1. The molecule has 3 atom stereocenters. The lowest BCUT2D eigenvalue weighted by Crippen LogP contribution is -2.54. The number of hydrogen-bond acceptors (Lipinski definition) is 13. The summed E-state index contributed by atoms with van der Waals surface area (Å²) in [5.74, 6) is 0.732. The molecule has 0 saturated carbocycles. The Hall–Kier alpha value is -5.93. The molecule has 1 aromatic heterocycles. The van der Waals surface area contributed by atoms with Gasteiger partial charge in [0.2, 0.25) is 11.8 Å². The Kier molecular flexibility index (Phi) is 10.9. The SMILES string of the molecule is Nc1nnc(-c2ccccc2O)cc1N1CC2CCC(C1)N2c1cccc(CN2CCN(C(=O)CN3CCN(c4ccc(OC5CCC(=O)NC5=O)cc4)CC3)CC2)c1. The summed E-state index contributed by atoms with van der Waals surface area (Å²) < 4.78 is 5.83. The number of amides is 3. The first-order valence-electron chi connectivity index (χ1n) is 20.9. The van der Waals surface area contributed by atoms with Crippen LogP contribution in [0.4, 0.5) is 22.9 Å². The van der Waals surface area contributed by atoms with Crippen molar-refractivity contribution < 1.29 is 24.2 Å². The monoisotopic (exact) mass is 800 g/mol. The lowest BCUT2D eigenvalue weighted by molar-refractivity contribution is -0.139. The number of phenols is 1. The van der Waals surface area contributed by atoms with E-state index in [1.165, 1.54) is 11.3 Å². The summed E-state index contributed by atoms with van der Waals surface area (Å²) in [6.45, 7) is 9.38. The molecule has 308 valence electrons. The number of anilines is 4. The van der Waals surface area contributed by atoms with Gasteiger partial charge in [-0.25, -0.2) is 0 Å². The van der Waals surface area contributed by atoms with E-state index in [4.69, 9.17) is 10.5 Å². The van der Waals surface area contributed by atoms with Gasteiger partial charge in [0.1, 0.15) is 11.5 Å². The average molecular weight is 801 g/mol. The van der Waals surface area contributed by atoms with E-state index in [1.807, 2.05) is 47.4 Å². The fourth-order valence-corrected chi connectivity index (χ4v) is 9.36. The molecule has 6 heterocycles. The number of nitrogens with one attached hydrogen (secondary N) is 1. The van der Waals surface area contributed by atoms with Crippen LogP contribution in [0.1, 0.15) is 31.2 Å². The summed E-state index contributed by atoms with van der Waals surface area (Å²) in [7, 11) is 0. The first kappa shape index (κ1) is 38.6. The third-order valence-electron chi connectivity index (χ3n) is 12.5. The Bertz CT molecular complexity index is 2160. The molecule has 3 aromatic carbocycles. The molecule has 3 unspecified atom stereocenters. The average Bonchev–Trinajstić information content (AvgIpc) is 3.52. The topological polar surface area (TPSA) is 164 Å². The number of carbonyl (C=O) groups is 3. The summed E-state index contributed by atoms with van der Waals surface area (Å²) >= 11 is 0. The van der Waals surface area contributed by atoms with E-state index in [9.17, 15) is 19.5 Å². The smallest absolute Gasteiger partial charge is 0.267 e. The highest BCUT2D eigenvalue weighted by Crippen LogP contribution is 2.39. The van der Waals surface area contributed by atoms with Crippen LogP contribution in [-0.4, -0.2) is 138 Å². The third-order valence-corrected chi connectivity index (χ3v) is 12.5. The number of piperidine rings is 1. The van der Waals surface area contributed by atoms with Crippen molar-refractivity contribution in [2.75, 3.05) is 92.4 Å². The first-order valence-corrected chi connectivity index (χ1v) is 20.9. The van der Waals surface area contributed by atoms with Crippen molar-refractivity contribution in [1.29, 1.82) is 0 Å². The third kappa shape index (κ3) is 8.48. The molecule has 5 aliphatic rings. The van der Waals surface area contributed by atoms with Crippen LogP contribution in [0.25, 0.3) is 11.3 Å². The summed E-state index contributed by atoms with van der Waals surface area (Å²) in [6, 6.07) is 26.5. The van der Waals surface area contributed by atoms with Crippen molar-refractivity contribution in [3.05, 3.63) is 84.4 Å². The lowest BCUT2D eigenvalue weighted by Gasteiger charge is -2.43. The molecule has 0 spiro atoms. The molecule has 5 aliphatic heterocycles. The van der Waals surface area contributed by atoms with Crippen LogP contribution >= 0.6 is 0 Å². The molecule has 0 radical (unpaired) electrons. The van der Waals surface area contributed by atoms with Crippen LogP contribution in [0.5, 0.6) is 11.5 Å². The molecule has 5 saturated heterocycles. The number of benzene rings is 3. The van der Waals surface area contributed by atoms with E-state index in [0.29, 0.717) is 47.9 Å². The van der Waals surface area contributed by atoms with Crippen LogP contribution in [0.3, 0.4) is 0 Å². The van der Waals surface area contributed by atoms with Crippen molar-refractivity contribution in [3.63, 3.8) is 0 Å². The van der Waals surface area contributed by atoms with E-state index in [2.05, 4.69) is 64.3 Å². The van der Waals surface area contributed by atoms with Gasteiger partial charge >= 0.3 is 0 Å². The molecule has 3 amide bonds. The van der Waals surface area contributed by atoms with Crippen molar-refractivity contribution in [1.82, 2.24) is 30.2 Å². The zero-order valence-corrected chi connectivity index (χ0v) is 33.3. The van der Waals surface area contributed by atoms with Gasteiger partial charge in [-0.15, -0.1) is 10.2 Å². The lowest BCUT2D eigenvalue weighted by atomic mass is 10.1. The Morgan fingerprint density at radius 3 is 2.24 bits per heavy atom. The van der Waals surface area contributed by atoms with Gasteiger partial charge in [0.15, 0.2) is 11.9 Å². The number of nitrogen functional groups attached to an aromatic ring is 1. The first-order chi connectivity index (χ1) is 28.7. The van der Waals surface area contributed by atoms with Crippen LogP contribution < -0.4 is 30.5 Å². The molecule has 4 aromatic rings. The van der Waals surface area contributed by atoms with E-state index in [-0.39, 0.29) is 29.9 Å². The van der Waals surface area contributed by atoms with Crippen molar-refractivity contribution >= 4 is 40.6 Å². The Balaban J connectivity index is 0.729. The van der Waals surface area contributed by atoms with Crippen LogP contribution in [0, 0.1) is 0 Å². The number of piperazine rings is 3. The molecule has 59 heavy (non-hydrogen) atoms. The maximum Gasteiger partial charge on any atom is 0.267 e. The number of rotatable bonds is 10. The molecule has 4 N–H and O–H groups in total. The number of nitrogens with zero attached hydrogens (tertiary/aromatic N) is 8. The minimum Gasteiger partial charge on any atom is -0.507 e. The number of carbonyl (C=O) groups excluding carboxylic acids is 3. The van der Waals surface area contributed by atoms with Crippen molar-refractivity contribution in [2.24, 2.45) is 0 Å². The Labute approximate surface area is 344 Å². The predicted octanol–water partition coefficient (Wildman–Crippen LogP) is 2.94. The standard InChI is InChI=1S/C44H52N10O5/c45-43-38(25-37(47-48-43)36-6-1-2-7-39(36)55)53-27-33-8-9-34(28-53)54(33)32-5-3-4-30(24-32)26-49-18-22-52(23-19-49)42(57)29-50-16-20-51(21-17-50)31-10-12-35(13-11-31)59-40-14-15-41(56)46-44(40)58/h1-7,10-13,24-25,33-34,40,55H,8-9,14-23,26-29H2,(H2,45,48)(H,46,56,58). The van der Waals surface area contributed by atoms with E-state index >= 15 is 0 Å². The van der Waals surface area contributed by atoms with E-state index in [1.54, 1.807) is 12.1 Å². The van der Waals surface area contributed by atoms with Gasteiger partial charge in [0.05, 0.1) is 17.9 Å². The van der Waals surface area contributed by atoms with Crippen molar-refractivity contribution in [2.45, 2.75) is 50.4 Å². The summed E-state index contributed by atoms with van der Waals surface area (Å²) in [6.07, 6.45) is 2.24. The number of ether oxygens (including phenoxy) is 1. The highest BCUT2D eigenvalue weighted by atomic mass is 16.5. The van der Waals surface area contributed by atoms with E-state index in [0.717, 1.165) is 96.2 Å². The van der Waals surface area contributed by atoms with Gasteiger partial charge in [-0.3, -0.25) is 29.5 Å². The number of imide groups is 1. The highest BCUT2D eigenvalue weighted by molar-refractivity contribution is 6.00. The number of fused-ring (bicyclic) bond motifs is 2. The molecular weight excluding hydrogens is 749 g/mol. The van der Waals surface area contributed by atoms with Crippen LogP contribution in [0.2, 0.25) is 0 Å². The van der Waals surface area contributed by atoms with Gasteiger partial charge < -0.3 is 35.2 Å². The number of nitrogens with two attached hydrogens (primary N) is 1. The molecule has 15 nitrogen and oxygen atoms in total. The van der Waals surface area contributed by atoms with Gasteiger partial charge in [0.25, 0.3) is 5.91 Å². The zero-order chi connectivity index (χ0) is 40.5. The fraction of sp³-hybridized carbons (Fsp3) is 0.432. The second-order valence-electron chi connectivity index (χ2n) is 16.4. The second kappa shape index (κ2) is 16.7. The number of aromatic nitrogens is 2. The number of aromatic hydroxyl groups is 1. The largest absolute Gasteiger partial charge is 0.507 e. The van der Waals surface area contributed by atoms with Crippen LogP contribution in [0.15, 0.2) is 78.9 Å². The maximum absolute atomic E-state index is 13.4. The molecule has 5 fully saturated rings. The van der Waals surface area contributed by atoms with Crippen molar-refractivity contribution in [3.8, 4) is 22.8 Å². The predicted molar refractivity (Wildman–Crippen MR) is 225 cm³/mol. The van der Waals surface area contributed by atoms with E-state index < -0.39 is 6.10 Å². The summed E-state index contributed by atoms with van der Waals surface area (Å²) in [4.78, 5) is 50.9. The zero-order valence-electron chi connectivity index (χ0n) is 33.3. The molecule has 0 aliphatic carbocycles. The van der Waals surface area contributed by atoms with Gasteiger partial charge in [-0.1, -0.05) is 24.3 Å². The Morgan fingerprint density at radius 2 is 1.51 bits per heavy atom. The minimum atomic E-state index is -0.651. The number of phenolic OH excluding ortho intramolecular Hbond substituents is 1. The fourth-order valence-electron chi connectivity index (χ4n) is 9.36. The normalized spacial score (nSPS) is 22.7.